The van der Waals surface area contributed by atoms with Crippen LogP contribution in [0, 0.1) is 0 Å². The van der Waals surface area contributed by atoms with E-state index in [0.717, 1.165) is 7.11 Å². The molecule has 10 heteroatoms. The van der Waals surface area contributed by atoms with Crippen LogP contribution in [0.1, 0.15) is 54.9 Å². The fraction of sp³-hybridized carbons (Fsp3) is 0.778. The standard InChI is InChI=1S/C18H28FNO7S/c1-11(21)28-10-17(19)9-18(17,12(22)25-8)20(13(23)26-15(2,3)4)14(24)27-16(5,6)7/h9-10H2,1-8H3/t17-,18+/m1/s1. The van der Waals surface area contributed by atoms with Crippen molar-refractivity contribution in [1.29, 1.82) is 0 Å². The summed E-state index contributed by atoms with van der Waals surface area (Å²) >= 11 is 0.645. The Labute approximate surface area is 168 Å². The highest BCUT2D eigenvalue weighted by Gasteiger charge is 2.81. The molecule has 0 unspecified atom stereocenters. The Kier molecular flexibility index (Phi) is 6.81. The monoisotopic (exact) mass is 421 g/mol. The Morgan fingerprint density at radius 3 is 1.75 bits per heavy atom. The van der Waals surface area contributed by atoms with Gasteiger partial charge < -0.3 is 14.2 Å². The van der Waals surface area contributed by atoms with E-state index < -0.39 is 52.7 Å². The molecule has 0 N–H and O–H groups in total. The summed E-state index contributed by atoms with van der Waals surface area (Å²) in [6, 6.07) is 0. The van der Waals surface area contributed by atoms with Gasteiger partial charge in [0.05, 0.1) is 7.11 Å². The Morgan fingerprint density at radius 2 is 1.43 bits per heavy atom. The number of alkyl halides is 1. The molecule has 8 nitrogen and oxygen atoms in total. The number of hydrogen-bond donors (Lipinski definition) is 0. The van der Waals surface area contributed by atoms with E-state index in [1.165, 1.54) is 6.92 Å². The highest BCUT2D eigenvalue weighted by molar-refractivity contribution is 8.13. The molecule has 2 amide bonds. The maximum absolute atomic E-state index is 15.5. The first-order chi connectivity index (χ1) is 12.5. The van der Waals surface area contributed by atoms with Gasteiger partial charge in [-0.3, -0.25) is 4.79 Å². The molecule has 160 valence electrons. The average Bonchev–Trinajstić information content (AvgIpc) is 3.07. The van der Waals surface area contributed by atoms with Gasteiger partial charge in [0.25, 0.3) is 0 Å². The lowest BCUT2D eigenvalue weighted by Crippen LogP contribution is -2.57. The van der Waals surface area contributed by atoms with Gasteiger partial charge in [-0.25, -0.2) is 18.8 Å². The van der Waals surface area contributed by atoms with Gasteiger partial charge in [-0.1, -0.05) is 11.8 Å². The Hall–Kier alpha value is -1.84. The molecule has 28 heavy (non-hydrogen) atoms. The van der Waals surface area contributed by atoms with Crippen molar-refractivity contribution in [2.24, 2.45) is 0 Å². The number of rotatable bonds is 4. The number of halogens is 1. The van der Waals surface area contributed by atoms with Gasteiger partial charge >= 0.3 is 18.2 Å². The van der Waals surface area contributed by atoms with E-state index in [9.17, 15) is 19.2 Å². The van der Waals surface area contributed by atoms with E-state index in [1.54, 1.807) is 41.5 Å². The zero-order chi connectivity index (χ0) is 22.1. The lowest BCUT2D eigenvalue weighted by molar-refractivity contribution is -0.150. The summed E-state index contributed by atoms with van der Waals surface area (Å²) < 4.78 is 30.6. The lowest BCUT2D eigenvalue weighted by Gasteiger charge is -2.33. The molecular weight excluding hydrogens is 393 g/mol. The summed E-state index contributed by atoms with van der Waals surface area (Å²) in [5.41, 5.74) is -6.66. The van der Waals surface area contributed by atoms with Crippen LogP contribution in [0.2, 0.25) is 0 Å². The number of imide groups is 1. The summed E-state index contributed by atoms with van der Waals surface area (Å²) in [5, 5.41) is -0.372. The molecule has 2 atom stereocenters. The molecule has 0 aliphatic heterocycles. The summed E-state index contributed by atoms with van der Waals surface area (Å²) in [5.74, 6) is -1.56. The number of hydrogen-bond acceptors (Lipinski definition) is 8. The van der Waals surface area contributed by atoms with Crippen molar-refractivity contribution in [3.63, 3.8) is 0 Å². The largest absolute Gasteiger partial charge is 0.467 e. The van der Waals surface area contributed by atoms with Gasteiger partial charge in [0.2, 0.25) is 0 Å². The van der Waals surface area contributed by atoms with Crippen LogP contribution in [-0.4, -0.2) is 63.4 Å². The predicted octanol–water partition coefficient (Wildman–Crippen LogP) is 3.46. The third kappa shape index (κ3) is 5.36. The second-order valence-electron chi connectivity index (χ2n) is 8.57. The third-order valence-corrected chi connectivity index (χ3v) is 4.72. The normalized spacial score (nSPS) is 24.2. The van der Waals surface area contributed by atoms with Crippen molar-refractivity contribution in [1.82, 2.24) is 4.90 Å². The number of carbonyl (C=O) groups is 4. The molecule has 0 radical (unpaired) electrons. The van der Waals surface area contributed by atoms with Gasteiger partial charge in [-0.15, -0.1) is 0 Å². The van der Waals surface area contributed by atoms with Gasteiger partial charge in [-0.2, -0.15) is 4.90 Å². The summed E-state index contributed by atoms with van der Waals surface area (Å²) in [4.78, 5) is 49.7. The van der Waals surface area contributed by atoms with Gasteiger partial charge in [-0.05, 0) is 41.5 Å². The quantitative estimate of drug-likeness (QED) is 0.503. The Balaban J connectivity index is 3.41. The highest BCUT2D eigenvalue weighted by atomic mass is 32.2. The van der Waals surface area contributed by atoms with Crippen LogP contribution < -0.4 is 0 Å². The zero-order valence-electron chi connectivity index (χ0n) is 17.5. The summed E-state index contributed by atoms with van der Waals surface area (Å²) in [6.07, 6.45) is -3.00. The molecule has 0 aromatic rings. The number of esters is 1. The maximum atomic E-state index is 15.5. The van der Waals surface area contributed by atoms with Crippen LogP contribution in [0.4, 0.5) is 14.0 Å². The first-order valence-corrected chi connectivity index (χ1v) is 9.64. The molecule has 1 aliphatic rings. The van der Waals surface area contributed by atoms with Crippen molar-refractivity contribution in [3.8, 4) is 0 Å². The fourth-order valence-corrected chi connectivity index (χ4v) is 3.32. The molecule has 0 heterocycles. The fourth-order valence-electron chi connectivity index (χ4n) is 2.54. The molecular formula is C18H28FNO7S. The van der Waals surface area contributed by atoms with Crippen molar-refractivity contribution in [2.75, 3.05) is 12.9 Å². The number of thioether (sulfide) groups is 1. The van der Waals surface area contributed by atoms with Crippen LogP contribution in [0.5, 0.6) is 0 Å². The molecule has 0 aromatic heterocycles. The van der Waals surface area contributed by atoms with Crippen LogP contribution in [0.25, 0.3) is 0 Å². The molecule has 0 bridgehead atoms. The maximum Gasteiger partial charge on any atom is 0.420 e. The molecule has 1 fully saturated rings. The predicted molar refractivity (Wildman–Crippen MR) is 101 cm³/mol. The number of carbonyl (C=O) groups excluding carboxylic acids is 4. The van der Waals surface area contributed by atoms with E-state index in [-0.39, 0.29) is 5.12 Å². The van der Waals surface area contributed by atoms with E-state index in [0.29, 0.717) is 16.7 Å². The zero-order valence-corrected chi connectivity index (χ0v) is 18.3. The minimum absolute atomic E-state index is 0.343. The van der Waals surface area contributed by atoms with Crippen LogP contribution in [0.15, 0.2) is 0 Å². The molecule has 0 aromatic carbocycles. The van der Waals surface area contributed by atoms with Crippen LogP contribution in [0.3, 0.4) is 0 Å². The first kappa shape index (κ1) is 24.2. The SMILES string of the molecule is COC(=O)[C@@]1(N(C(=O)OC(C)(C)C)C(=O)OC(C)(C)C)C[C@@]1(F)CSC(C)=O. The minimum atomic E-state index is -2.36. The minimum Gasteiger partial charge on any atom is -0.467 e. The molecule has 1 rings (SSSR count). The van der Waals surface area contributed by atoms with Crippen molar-refractivity contribution >= 4 is 35.0 Å². The van der Waals surface area contributed by atoms with E-state index in [2.05, 4.69) is 0 Å². The Morgan fingerprint density at radius 1 is 1.00 bits per heavy atom. The second-order valence-corrected chi connectivity index (χ2v) is 9.72. The van der Waals surface area contributed by atoms with Gasteiger partial charge in [0, 0.05) is 19.1 Å². The van der Waals surface area contributed by atoms with E-state index >= 15 is 4.39 Å². The smallest absolute Gasteiger partial charge is 0.420 e. The lowest BCUT2D eigenvalue weighted by atomic mass is 10.1. The number of methoxy groups -OCH3 is 1. The van der Waals surface area contributed by atoms with Gasteiger partial charge in [0.15, 0.2) is 16.3 Å². The first-order valence-electron chi connectivity index (χ1n) is 8.66. The number of nitrogens with zero attached hydrogens (tertiary/aromatic N) is 1. The van der Waals surface area contributed by atoms with Crippen molar-refractivity contribution in [2.45, 2.75) is 77.3 Å². The Bertz CT molecular complexity index is 642. The molecule has 0 saturated heterocycles. The van der Waals surface area contributed by atoms with Crippen molar-refractivity contribution in [3.05, 3.63) is 0 Å². The van der Waals surface area contributed by atoms with Crippen molar-refractivity contribution < 1.29 is 37.8 Å². The second kappa shape index (κ2) is 7.88. The van der Waals surface area contributed by atoms with E-state index in [1.807, 2.05) is 0 Å². The molecule has 0 spiro atoms. The number of ether oxygens (including phenoxy) is 3. The van der Waals surface area contributed by atoms with E-state index in [4.69, 9.17) is 14.2 Å². The topological polar surface area (TPSA) is 99.2 Å². The number of amides is 2. The van der Waals surface area contributed by atoms with Crippen LogP contribution in [-0.2, 0) is 23.8 Å². The van der Waals surface area contributed by atoms with Gasteiger partial charge in [0.1, 0.15) is 11.2 Å². The third-order valence-electron chi connectivity index (χ3n) is 3.71. The molecule has 1 aliphatic carbocycles. The van der Waals surface area contributed by atoms with Crippen LogP contribution >= 0.6 is 11.8 Å². The molecule has 1 saturated carbocycles. The average molecular weight is 421 g/mol. The highest BCUT2D eigenvalue weighted by Crippen LogP contribution is 2.58. The summed E-state index contributed by atoms with van der Waals surface area (Å²) in [7, 11) is 1.02. The summed E-state index contributed by atoms with van der Waals surface area (Å²) in [6.45, 7) is 10.6.